The van der Waals surface area contributed by atoms with Crippen LogP contribution < -0.4 is 10.9 Å². The van der Waals surface area contributed by atoms with Gasteiger partial charge in [0.25, 0.3) is 0 Å². The van der Waals surface area contributed by atoms with E-state index >= 15 is 0 Å². The van der Waals surface area contributed by atoms with Gasteiger partial charge in [-0.3, -0.25) is 9.59 Å². The molecule has 6 aromatic rings. The van der Waals surface area contributed by atoms with E-state index in [-0.39, 0.29) is 21.7 Å². The van der Waals surface area contributed by atoms with Gasteiger partial charge in [-0.15, -0.1) is 0 Å². The third-order valence-electron chi connectivity index (χ3n) is 7.36. The molecule has 0 aliphatic carbocycles. The normalized spacial score (nSPS) is 13.2. The Kier molecular flexibility index (Phi) is 4.05. The molecule has 0 aliphatic heterocycles. The average Bonchev–Trinajstić information content (AvgIpc) is 2.78. The second kappa shape index (κ2) is 6.54. The molecule has 0 aliphatic rings. The lowest BCUT2D eigenvalue weighted by Crippen LogP contribution is -2.24. The van der Waals surface area contributed by atoms with Crippen molar-refractivity contribution in [1.82, 2.24) is 0 Å². The summed E-state index contributed by atoms with van der Waals surface area (Å²) in [6.45, 7) is 13.2. The molecule has 0 saturated carbocycles. The Morgan fingerprint density at radius 3 is 1.74 bits per heavy atom. The zero-order chi connectivity index (χ0) is 24.2. The minimum Gasteiger partial charge on any atom is -0.289 e. The van der Waals surface area contributed by atoms with Crippen molar-refractivity contribution in [1.29, 1.82) is 0 Å². The van der Waals surface area contributed by atoms with E-state index in [0.717, 1.165) is 59.4 Å². The minimum atomic E-state index is -0.202. The van der Waals surface area contributed by atoms with Crippen LogP contribution in [-0.4, -0.2) is 0 Å². The molecule has 0 atom stereocenters. The van der Waals surface area contributed by atoms with Crippen LogP contribution in [0.15, 0.2) is 70.3 Å². The summed E-state index contributed by atoms with van der Waals surface area (Å²) in [5, 5.41) is 9.51. The van der Waals surface area contributed by atoms with Crippen molar-refractivity contribution in [3.05, 3.63) is 92.2 Å². The van der Waals surface area contributed by atoms with Crippen LogP contribution in [0, 0.1) is 0 Å². The fourth-order valence-corrected chi connectivity index (χ4v) is 6.02. The molecule has 168 valence electrons. The second-order valence-corrected chi connectivity index (χ2v) is 11.7. The van der Waals surface area contributed by atoms with Gasteiger partial charge < -0.3 is 0 Å². The van der Waals surface area contributed by atoms with E-state index in [2.05, 4.69) is 53.7 Å². The molecule has 6 aromatic carbocycles. The second-order valence-electron chi connectivity index (χ2n) is 11.7. The summed E-state index contributed by atoms with van der Waals surface area (Å²) in [4.78, 5) is 27.1. The van der Waals surface area contributed by atoms with E-state index in [1.807, 2.05) is 42.5 Å². The molecule has 0 saturated heterocycles. The molecular formula is C32H28O2. The molecule has 0 aromatic heterocycles. The summed E-state index contributed by atoms with van der Waals surface area (Å²) in [7, 11) is 0. The van der Waals surface area contributed by atoms with E-state index in [1.165, 1.54) is 5.56 Å². The standard InChI is InChI=1S/C32H28O2/c1-31(2,3)23-16-22-18-12-9-13-21-26(18)25(17-10-7-8-11-19(17)30(21)34)20-14-15-24(33)28(27(20)22)29(23)32(4,5)6/h7-16H,1-6H3. The van der Waals surface area contributed by atoms with E-state index in [4.69, 9.17) is 0 Å². The van der Waals surface area contributed by atoms with Crippen molar-refractivity contribution < 1.29 is 0 Å². The molecule has 0 bridgehead atoms. The molecule has 0 N–H and O–H groups in total. The van der Waals surface area contributed by atoms with Crippen LogP contribution in [-0.2, 0) is 10.8 Å². The smallest absolute Gasteiger partial charge is 0.194 e. The Labute approximate surface area is 198 Å². The zero-order valence-corrected chi connectivity index (χ0v) is 20.6. The van der Waals surface area contributed by atoms with E-state index < -0.39 is 0 Å². The SMILES string of the molecule is CC(C)(C)c1cc2c3cccc4c(=O)c5ccccc5c(c5ccc(=O)c(c1C(C)(C)C)c25)c43. The number of fused-ring (bicyclic) bond motifs is 4. The first kappa shape index (κ1) is 21.0. The third-order valence-corrected chi connectivity index (χ3v) is 7.36. The monoisotopic (exact) mass is 444 g/mol. The van der Waals surface area contributed by atoms with Crippen LogP contribution in [0.4, 0.5) is 0 Å². The van der Waals surface area contributed by atoms with Crippen molar-refractivity contribution >= 4 is 53.9 Å². The highest BCUT2D eigenvalue weighted by Gasteiger charge is 2.30. The summed E-state index contributed by atoms with van der Waals surface area (Å²) in [5.41, 5.74) is 2.12. The van der Waals surface area contributed by atoms with Gasteiger partial charge in [-0.25, -0.2) is 0 Å². The lowest BCUT2D eigenvalue weighted by atomic mass is 9.71. The number of hydrogen-bond acceptors (Lipinski definition) is 2. The predicted octanol–water partition coefficient (Wildman–Crippen LogP) is 7.64. The molecule has 2 heteroatoms. The first-order valence-electron chi connectivity index (χ1n) is 12.0. The maximum atomic E-state index is 13.6. The zero-order valence-electron chi connectivity index (χ0n) is 20.6. The van der Waals surface area contributed by atoms with Gasteiger partial charge in [-0.05, 0) is 67.1 Å². The Hall–Kier alpha value is -3.52. The highest BCUT2D eigenvalue weighted by molar-refractivity contribution is 6.38. The Bertz CT molecular complexity index is 1900. The van der Waals surface area contributed by atoms with Crippen molar-refractivity contribution in [2.24, 2.45) is 0 Å². The number of hydrogen-bond donors (Lipinski definition) is 0. The van der Waals surface area contributed by atoms with Gasteiger partial charge in [0.1, 0.15) is 0 Å². The molecule has 0 fully saturated rings. The molecule has 34 heavy (non-hydrogen) atoms. The van der Waals surface area contributed by atoms with E-state index in [0.29, 0.717) is 0 Å². The minimum absolute atomic E-state index is 0.0661. The maximum absolute atomic E-state index is 13.6. The molecule has 0 unspecified atom stereocenters. The molecule has 0 spiro atoms. The van der Waals surface area contributed by atoms with Crippen LogP contribution in [0.25, 0.3) is 53.9 Å². The van der Waals surface area contributed by atoms with Crippen LogP contribution in [0.2, 0.25) is 0 Å². The fourth-order valence-electron chi connectivity index (χ4n) is 6.02. The first-order chi connectivity index (χ1) is 16.0. The first-order valence-corrected chi connectivity index (χ1v) is 12.0. The van der Waals surface area contributed by atoms with Crippen molar-refractivity contribution in [3.63, 3.8) is 0 Å². The van der Waals surface area contributed by atoms with Crippen LogP contribution >= 0.6 is 0 Å². The summed E-state index contributed by atoms with van der Waals surface area (Å²) >= 11 is 0. The lowest BCUT2D eigenvalue weighted by Gasteiger charge is -2.32. The van der Waals surface area contributed by atoms with Gasteiger partial charge >= 0.3 is 0 Å². The van der Waals surface area contributed by atoms with Gasteiger partial charge in [-0.1, -0.05) is 84.0 Å². The Morgan fingerprint density at radius 1 is 0.500 bits per heavy atom. The number of rotatable bonds is 0. The molecular weight excluding hydrogens is 416 g/mol. The Morgan fingerprint density at radius 2 is 1.06 bits per heavy atom. The summed E-state index contributed by atoms with van der Waals surface area (Å²) < 4.78 is 0. The van der Waals surface area contributed by atoms with Crippen LogP contribution in [0.3, 0.4) is 0 Å². The highest BCUT2D eigenvalue weighted by atomic mass is 16.1. The van der Waals surface area contributed by atoms with E-state index in [9.17, 15) is 9.59 Å². The fraction of sp³-hybridized carbons (Fsp3) is 0.250. The van der Waals surface area contributed by atoms with Gasteiger partial charge in [0.2, 0.25) is 0 Å². The Balaban J connectivity index is 2.09. The summed E-state index contributed by atoms with van der Waals surface area (Å²) in [5.74, 6) is 0. The summed E-state index contributed by atoms with van der Waals surface area (Å²) in [6, 6.07) is 19.9. The predicted molar refractivity (Wildman–Crippen MR) is 146 cm³/mol. The lowest BCUT2D eigenvalue weighted by molar-refractivity contribution is 0.535. The van der Waals surface area contributed by atoms with Crippen molar-refractivity contribution in [2.45, 2.75) is 52.4 Å². The molecule has 6 rings (SSSR count). The van der Waals surface area contributed by atoms with E-state index in [1.54, 1.807) is 6.07 Å². The van der Waals surface area contributed by atoms with Crippen LogP contribution in [0.1, 0.15) is 52.7 Å². The van der Waals surface area contributed by atoms with Crippen molar-refractivity contribution in [2.75, 3.05) is 0 Å². The van der Waals surface area contributed by atoms with Gasteiger partial charge in [0.05, 0.1) is 0 Å². The molecule has 0 radical (unpaired) electrons. The maximum Gasteiger partial charge on any atom is 0.194 e. The molecule has 2 nitrogen and oxygen atoms in total. The van der Waals surface area contributed by atoms with Gasteiger partial charge in [0.15, 0.2) is 10.9 Å². The topological polar surface area (TPSA) is 34.1 Å². The average molecular weight is 445 g/mol. The number of benzene rings is 6. The highest BCUT2D eigenvalue weighted by Crippen LogP contribution is 2.46. The largest absolute Gasteiger partial charge is 0.289 e. The van der Waals surface area contributed by atoms with Crippen molar-refractivity contribution in [3.8, 4) is 0 Å². The van der Waals surface area contributed by atoms with Gasteiger partial charge in [-0.2, -0.15) is 0 Å². The molecule has 0 heterocycles. The van der Waals surface area contributed by atoms with Crippen LogP contribution in [0.5, 0.6) is 0 Å². The summed E-state index contributed by atoms with van der Waals surface area (Å²) in [6.07, 6.45) is 0. The van der Waals surface area contributed by atoms with Gasteiger partial charge in [0, 0.05) is 26.9 Å². The molecule has 0 amide bonds. The third kappa shape index (κ3) is 2.63. The quantitative estimate of drug-likeness (QED) is 0.178.